The molecule has 0 saturated carbocycles. The molecule has 0 aliphatic heterocycles. The third kappa shape index (κ3) is 4.21. The normalized spacial score (nSPS) is 12.2. The Morgan fingerprint density at radius 1 is 1.56 bits per heavy atom. The summed E-state index contributed by atoms with van der Waals surface area (Å²) in [6, 6.07) is 5.04. The third-order valence-electron chi connectivity index (χ3n) is 2.25. The van der Waals surface area contributed by atoms with E-state index in [1.165, 1.54) is 11.8 Å². The summed E-state index contributed by atoms with van der Waals surface area (Å²) in [5.41, 5.74) is 6.85. The fourth-order valence-corrected chi connectivity index (χ4v) is 2.19. The molecule has 0 bridgehead atoms. The molecule has 1 unspecified atom stereocenters. The van der Waals surface area contributed by atoms with Gasteiger partial charge in [-0.05, 0) is 25.1 Å². The monoisotopic (exact) mass is 270 g/mol. The first kappa shape index (κ1) is 14.8. The molecule has 0 fully saturated rings. The summed E-state index contributed by atoms with van der Waals surface area (Å²) in [4.78, 5) is 12.4. The molecule has 1 amide bonds. The number of amides is 1. The van der Waals surface area contributed by atoms with Crippen molar-refractivity contribution in [1.29, 1.82) is 0 Å². The molecule has 1 aromatic rings. The highest BCUT2D eigenvalue weighted by molar-refractivity contribution is 7.99. The molecule has 1 atom stereocenters. The van der Waals surface area contributed by atoms with E-state index < -0.39 is 6.10 Å². The Morgan fingerprint density at radius 2 is 2.28 bits per heavy atom. The van der Waals surface area contributed by atoms with E-state index in [0.29, 0.717) is 23.5 Å². The van der Waals surface area contributed by atoms with Crippen LogP contribution in [-0.4, -0.2) is 41.1 Å². The van der Waals surface area contributed by atoms with Gasteiger partial charge in [-0.1, -0.05) is 0 Å². The molecule has 1 rings (SSSR count). The number of carbonyl (C=O) groups excluding carboxylic acids is 1. The van der Waals surface area contributed by atoms with Gasteiger partial charge in [0.05, 0.1) is 12.7 Å². The molecule has 100 valence electrons. The first-order valence-corrected chi connectivity index (χ1v) is 6.66. The van der Waals surface area contributed by atoms with Crippen LogP contribution in [0.2, 0.25) is 0 Å². The van der Waals surface area contributed by atoms with Crippen molar-refractivity contribution in [3.8, 4) is 0 Å². The second-order valence-corrected chi connectivity index (χ2v) is 4.82. The molecule has 5 nitrogen and oxygen atoms in total. The van der Waals surface area contributed by atoms with Crippen LogP contribution in [0, 0.1) is 0 Å². The molecule has 0 aromatic heterocycles. The minimum atomic E-state index is -0.766. The zero-order valence-corrected chi connectivity index (χ0v) is 11.0. The van der Waals surface area contributed by atoms with Crippen LogP contribution in [0.4, 0.5) is 5.69 Å². The van der Waals surface area contributed by atoms with Crippen LogP contribution < -0.4 is 11.1 Å². The average Bonchev–Trinajstić information content (AvgIpc) is 2.37. The van der Waals surface area contributed by atoms with Gasteiger partial charge in [0.2, 0.25) is 0 Å². The van der Waals surface area contributed by atoms with Gasteiger partial charge in [0.1, 0.15) is 0 Å². The lowest BCUT2D eigenvalue weighted by molar-refractivity contribution is 0.0956. The van der Waals surface area contributed by atoms with E-state index >= 15 is 0 Å². The Kier molecular flexibility index (Phi) is 5.97. The Morgan fingerprint density at radius 3 is 2.83 bits per heavy atom. The minimum Gasteiger partial charge on any atom is -0.398 e. The Hall–Kier alpha value is -1.24. The molecule has 18 heavy (non-hydrogen) atoms. The molecule has 0 saturated heterocycles. The van der Waals surface area contributed by atoms with Crippen molar-refractivity contribution in [2.45, 2.75) is 17.9 Å². The van der Waals surface area contributed by atoms with Gasteiger partial charge < -0.3 is 21.3 Å². The van der Waals surface area contributed by atoms with Gasteiger partial charge in [-0.25, -0.2) is 0 Å². The molecule has 5 N–H and O–H groups in total. The topological polar surface area (TPSA) is 95.6 Å². The number of rotatable bonds is 6. The number of benzene rings is 1. The zero-order valence-electron chi connectivity index (χ0n) is 10.2. The Bertz CT molecular complexity index is 412. The van der Waals surface area contributed by atoms with Crippen molar-refractivity contribution >= 4 is 23.4 Å². The second kappa shape index (κ2) is 7.25. The number of aliphatic hydroxyl groups excluding tert-OH is 2. The van der Waals surface area contributed by atoms with Crippen LogP contribution in [-0.2, 0) is 0 Å². The summed E-state index contributed by atoms with van der Waals surface area (Å²) in [6.07, 6.45) is -0.766. The van der Waals surface area contributed by atoms with Gasteiger partial charge in [0, 0.05) is 28.4 Å². The number of nitrogens with one attached hydrogen (secondary N) is 1. The molecular weight excluding hydrogens is 252 g/mol. The van der Waals surface area contributed by atoms with E-state index in [1.54, 1.807) is 18.2 Å². The van der Waals surface area contributed by atoms with Gasteiger partial charge in [-0.15, -0.1) is 11.8 Å². The number of carbonyl (C=O) groups is 1. The molecule has 0 aliphatic carbocycles. The maximum Gasteiger partial charge on any atom is 0.251 e. The number of aliphatic hydroxyl groups is 2. The Balaban J connectivity index is 2.70. The maximum atomic E-state index is 11.6. The number of thioether (sulfide) groups is 1. The summed E-state index contributed by atoms with van der Waals surface area (Å²) >= 11 is 1.35. The smallest absolute Gasteiger partial charge is 0.251 e. The van der Waals surface area contributed by atoms with Gasteiger partial charge in [-0.2, -0.15) is 0 Å². The molecule has 0 aliphatic rings. The van der Waals surface area contributed by atoms with Crippen LogP contribution in [0.1, 0.15) is 17.3 Å². The van der Waals surface area contributed by atoms with Crippen LogP contribution in [0.5, 0.6) is 0 Å². The van der Waals surface area contributed by atoms with E-state index in [9.17, 15) is 9.90 Å². The maximum absolute atomic E-state index is 11.6. The van der Waals surface area contributed by atoms with Crippen LogP contribution in [0.25, 0.3) is 0 Å². The average molecular weight is 270 g/mol. The van der Waals surface area contributed by atoms with E-state index in [2.05, 4.69) is 5.32 Å². The molecule has 0 heterocycles. The molecule has 1 aromatic carbocycles. The van der Waals surface area contributed by atoms with Crippen molar-refractivity contribution in [1.82, 2.24) is 5.32 Å². The lowest BCUT2D eigenvalue weighted by Crippen LogP contribution is -2.22. The zero-order chi connectivity index (χ0) is 13.5. The first-order valence-electron chi connectivity index (χ1n) is 5.68. The van der Waals surface area contributed by atoms with Gasteiger partial charge in [-0.3, -0.25) is 4.79 Å². The van der Waals surface area contributed by atoms with Crippen molar-refractivity contribution in [2.75, 3.05) is 24.6 Å². The largest absolute Gasteiger partial charge is 0.398 e. The first-order chi connectivity index (χ1) is 8.58. The highest BCUT2D eigenvalue weighted by Crippen LogP contribution is 2.26. The van der Waals surface area contributed by atoms with Crippen molar-refractivity contribution in [2.24, 2.45) is 0 Å². The van der Waals surface area contributed by atoms with Crippen molar-refractivity contribution in [3.63, 3.8) is 0 Å². The van der Waals surface area contributed by atoms with E-state index in [-0.39, 0.29) is 12.5 Å². The number of nitrogen functional groups attached to an aromatic ring is 1. The molecular formula is C12H18N2O3S. The number of anilines is 1. The SMILES string of the molecule is CCNC(=O)c1ccc(SCC(O)CO)c(N)c1. The van der Waals surface area contributed by atoms with Crippen LogP contribution >= 0.6 is 11.8 Å². The minimum absolute atomic E-state index is 0.156. The molecule has 6 heteroatoms. The summed E-state index contributed by atoms with van der Waals surface area (Å²) in [6.45, 7) is 2.14. The van der Waals surface area contributed by atoms with E-state index in [4.69, 9.17) is 10.8 Å². The lowest BCUT2D eigenvalue weighted by atomic mass is 10.2. The summed E-state index contributed by atoms with van der Waals surface area (Å²) < 4.78 is 0. The van der Waals surface area contributed by atoms with Crippen molar-refractivity contribution < 1.29 is 15.0 Å². The lowest BCUT2D eigenvalue weighted by Gasteiger charge is -2.10. The van der Waals surface area contributed by atoms with E-state index in [1.807, 2.05) is 6.92 Å². The van der Waals surface area contributed by atoms with Crippen LogP contribution in [0.3, 0.4) is 0 Å². The summed E-state index contributed by atoms with van der Waals surface area (Å²) in [7, 11) is 0. The van der Waals surface area contributed by atoms with Crippen molar-refractivity contribution in [3.05, 3.63) is 23.8 Å². The van der Waals surface area contributed by atoms with Crippen LogP contribution in [0.15, 0.2) is 23.1 Å². The molecule has 0 spiro atoms. The van der Waals surface area contributed by atoms with Gasteiger partial charge in [0.15, 0.2) is 0 Å². The number of hydrogen-bond acceptors (Lipinski definition) is 5. The number of hydrogen-bond donors (Lipinski definition) is 4. The van der Waals surface area contributed by atoms with E-state index in [0.717, 1.165) is 4.90 Å². The predicted octanol–water partition coefficient (Wildman–Crippen LogP) is 0.464. The Labute approximate surface area is 110 Å². The van der Waals surface area contributed by atoms with Gasteiger partial charge in [0.25, 0.3) is 5.91 Å². The predicted molar refractivity (Wildman–Crippen MR) is 72.7 cm³/mol. The third-order valence-corrected chi connectivity index (χ3v) is 3.49. The standard InChI is InChI=1S/C12H18N2O3S/c1-2-14-12(17)8-3-4-11(10(13)5-8)18-7-9(16)6-15/h3-5,9,15-16H,2,6-7,13H2,1H3,(H,14,17). The number of nitrogens with two attached hydrogens (primary N) is 1. The summed E-state index contributed by atoms with van der Waals surface area (Å²) in [5, 5.41) is 20.7. The fraction of sp³-hybridized carbons (Fsp3) is 0.417. The highest BCUT2D eigenvalue weighted by Gasteiger charge is 2.09. The quantitative estimate of drug-likeness (QED) is 0.445. The highest BCUT2D eigenvalue weighted by atomic mass is 32.2. The second-order valence-electron chi connectivity index (χ2n) is 3.76. The summed E-state index contributed by atoms with van der Waals surface area (Å²) in [5.74, 6) is 0.206. The fourth-order valence-electron chi connectivity index (χ4n) is 1.32. The van der Waals surface area contributed by atoms with Gasteiger partial charge >= 0.3 is 0 Å². The molecule has 0 radical (unpaired) electrons.